The van der Waals surface area contributed by atoms with E-state index >= 15 is 0 Å². The maximum Gasteiger partial charge on any atom is 0.250 e. The summed E-state index contributed by atoms with van der Waals surface area (Å²) in [6, 6.07) is 6.58. The van der Waals surface area contributed by atoms with Crippen LogP contribution in [-0.4, -0.2) is 16.4 Å². The molecule has 1 rings (SSSR count). The molecule has 0 aliphatic carbocycles. The van der Waals surface area contributed by atoms with Gasteiger partial charge in [-0.1, -0.05) is 22.0 Å². The van der Waals surface area contributed by atoms with Crippen molar-refractivity contribution < 1.29 is 13.0 Å². The number of hydrogen-bond donors (Lipinski definition) is 0. The molecule has 1 aromatic carbocycles. The third-order valence-electron chi connectivity index (χ3n) is 1.34. The fourth-order valence-electron chi connectivity index (χ4n) is 0.819. The number of rotatable bonds is 3. The van der Waals surface area contributed by atoms with Crippen LogP contribution in [0.25, 0.3) is 0 Å². The van der Waals surface area contributed by atoms with Crippen molar-refractivity contribution in [2.45, 2.75) is 11.3 Å². The number of benzene rings is 1. The van der Waals surface area contributed by atoms with E-state index < -0.39 is 23.0 Å². The average Bonchev–Trinajstić information content (AvgIpc) is 2.03. The second kappa shape index (κ2) is 4.81. The molecule has 1 aromatic rings. The highest BCUT2D eigenvalue weighted by Gasteiger charge is 2.11. The van der Waals surface area contributed by atoms with Gasteiger partial charge in [0.1, 0.15) is 0 Å². The fraction of sp³-hybridized carbons (Fsp3) is 0.250. The summed E-state index contributed by atoms with van der Waals surface area (Å²) in [5.74, 6) is -0.601. The monoisotopic (exact) mass is 268 g/mol. The Labute approximate surface area is 85.7 Å². The van der Waals surface area contributed by atoms with Gasteiger partial charge in [0.25, 0.3) is 0 Å². The standard InChI is InChI=1S/C8H7BrF2OS/c9-6-2-1-3-7(4-6)13(12)5-8(10)11/h1-4,8H,5H2. The van der Waals surface area contributed by atoms with Crippen LogP contribution < -0.4 is 0 Å². The molecule has 1 atom stereocenters. The maximum atomic E-state index is 11.9. The van der Waals surface area contributed by atoms with Crippen LogP contribution in [0.15, 0.2) is 33.6 Å². The lowest BCUT2D eigenvalue weighted by Crippen LogP contribution is -2.06. The van der Waals surface area contributed by atoms with Crippen LogP contribution in [-0.2, 0) is 10.8 Å². The van der Waals surface area contributed by atoms with E-state index in [4.69, 9.17) is 0 Å². The molecule has 0 bridgehead atoms. The lowest BCUT2D eigenvalue weighted by molar-refractivity contribution is 0.175. The van der Waals surface area contributed by atoms with Crippen molar-refractivity contribution in [3.05, 3.63) is 28.7 Å². The zero-order valence-corrected chi connectivity index (χ0v) is 8.95. The molecule has 5 heteroatoms. The summed E-state index contributed by atoms with van der Waals surface area (Å²) in [5.41, 5.74) is 0. The fourth-order valence-corrected chi connectivity index (χ4v) is 2.28. The van der Waals surface area contributed by atoms with Gasteiger partial charge in [0.2, 0.25) is 6.43 Å². The van der Waals surface area contributed by atoms with Crippen LogP contribution in [0, 0.1) is 0 Å². The molecular weight excluding hydrogens is 262 g/mol. The Bertz CT molecular complexity index is 317. The molecule has 0 aliphatic heterocycles. The molecular formula is C8H7BrF2OS. The first-order valence-electron chi connectivity index (χ1n) is 3.51. The molecule has 1 unspecified atom stereocenters. The van der Waals surface area contributed by atoms with Gasteiger partial charge in [-0.15, -0.1) is 0 Å². The second-order valence-corrected chi connectivity index (χ2v) is 4.77. The lowest BCUT2D eigenvalue weighted by atomic mass is 10.4. The van der Waals surface area contributed by atoms with Crippen molar-refractivity contribution in [2.75, 3.05) is 5.75 Å². The molecule has 0 amide bonds. The molecule has 0 fully saturated rings. The summed E-state index contributed by atoms with van der Waals surface area (Å²) >= 11 is 3.17. The summed E-state index contributed by atoms with van der Waals surface area (Å²) in [6.07, 6.45) is -2.53. The Morgan fingerprint density at radius 2 is 2.15 bits per heavy atom. The number of alkyl halides is 2. The molecule has 13 heavy (non-hydrogen) atoms. The van der Waals surface area contributed by atoms with Crippen LogP contribution in [0.4, 0.5) is 8.78 Å². The van der Waals surface area contributed by atoms with Crippen molar-refractivity contribution in [3.63, 3.8) is 0 Å². The summed E-state index contributed by atoms with van der Waals surface area (Å²) in [6.45, 7) is 0. The molecule has 0 saturated carbocycles. The molecule has 0 spiro atoms. The van der Waals surface area contributed by atoms with Crippen LogP contribution in [0.1, 0.15) is 0 Å². The van der Waals surface area contributed by atoms with Crippen LogP contribution >= 0.6 is 15.9 Å². The third-order valence-corrected chi connectivity index (χ3v) is 3.16. The quantitative estimate of drug-likeness (QED) is 0.824. The first kappa shape index (κ1) is 10.8. The first-order valence-corrected chi connectivity index (χ1v) is 5.63. The molecule has 0 saturated heterocycles. The smallest absolute Gasteiger partial charge is 0.250 e. The predicted octanol–water partition coefficient (Wildman–Crippen LogP) is 2.82. The minimum Gasteiger partial charge on any atom is -0.254 e. The highest BCUT2D eigenvalue weighted by atomic mass is 79.9. The minimum atomic E-state index is -2.53. The highest BCUT2D eigenvalue weighted by molar-refractivity contribution is 9.10. The van der Waals surface area contributed by atoms with Crippen molar-refractivity contribution >= 4 is 26.7 Å². The van der Waals surface area contributed by atoms with Gasteiger partial charge in [-0.3, -0.25) is 4.21 Å². The van der Waals surface area contributed by atoms with E-state index in [0.717, 1.165) is 4.47 Å². The number of hydrogen-bond acceptors (Lipinski definition) is 1. The average molecular weight is 269 g/mol. The van der Waals surface area contributed by atoms with E-state index in [1.807, 2.05) is 0 Å². The second-order valence-electron chi connectivity index (χ2n) is 2.36. The number of halogens is 3. The van der Waals surface area contributed by atoms with E-state index in [1.165, 1.54) is 0 Å². The van der Waals surface area contributed by atoms with E-state index in [-0.39, 0.29) is 0 Å². The Balaban J connectivity index is 2.77. The van der Waals surface area contributed by atoms with Crippen LogP contribution in [0.5, 0.6) is 0 Å². The summed E-state index contributed by atoms with van der Waals surface area (Å²) in [4.78, 5) is 0.426. The van der Waals surface area contributed by atoms with Gasteiger partial charge in [0.15, 0.2) is 0 Å². The zero-order valence-electron chi connectivity index (χ0n) is 6.54. The summed E-state index contributed by atoms with van der Waals surface area (Å²) < 4.78 is 35.7. The predicted molar refractivity (Wildman–Crippen MR) is 51.4 cm³/mol. The van der Waals surface area contributed by atoms with Gasteiger partial charge >= 0.3 is 0 Å². The molecule has 0 aliphatic rings. The summed E-state index contributed by atoms with van der Waals surface area (Å²) in [5, 5.41) is 0. The molecule has 0 radical (unpaired) electrons. The largest absolute Gasteiger partial charge is 0.254 e. The highest BCUT2D eigenvalue weighted by Crippen LogP contribution is 2.15. The normalized spacial score (nSPS) is 13.2. The Morgan fingerprint density at radius 3 is 2.69 bits per heavy atom. The van der Waals surface area contributed by atoms with Gasteiger partial charge in [0.05, 0.1) is 16.6 Å². The Kier molecular flexibility index (Phi) is 3.99. The molecule has 0 heterocycles. The third kappa shape index (κ3) is 3.52. The van der Waals surface area contributed by atoms with E-state index in [9.17, 15) is 13.0 Å². The Morgan fingerprint density at radius 1 is 1.46 bits per heavy atom. The maximum absolute atomic E-state index is 11.9. The van der Waals surface area contributed by atoms with E-state index in [1.54, 1.807) is 24.3 Å². The van der Waals surface area contributed by atoms with Crippen molar-refractivity contribution in [2.24, 2.45) is 0 Å². The van der Waals surface area contributed by atoms with Crippen LogP contribution in [0.3, 0.4) is 0 Å². The van der Waals surface area contributed by atoms with Crippen molar-refractivity contribution in [3.8, 4) is 0 Å². The van der Waals surface area contributed by atoms with Crippen LogP contribution in [0.2, 0.25) is 0 Å². The SMILES string of the molecule is O=S(CC(F)F)c1cccc(Br)c1. The van der Waals surface area contributed by atoms with Gasteiger partial charge in [-0.05, 0) is 18.2 Å². The summed E-state index contributed by atoms with van der Waals surface area (Å²) in [7, 11) is -1.60. The molecule has 0 aromatic heterocycles. The van der Waals surface area contributed by atoms with Gasteiger partial charge in [0, 0.05) is 9.37 Å². The molecule has 1 nitrogen and oxygen atoms in total. The van der Waals surface area contributed by atoms with Gasteiger partial charge in [-0.2, -0.15) is 0 Å². The minimum absolute atomic E-state index is 0.426. The molecule has 72 valence electrons. The Hall–Kier alpha value is -0.290. The zero-order chi connectivity index (χ0) is 9.84. The van der Waals surface area contributed by atoms with Gasteiger partial charge < -0.3 is 0 Å². The topological polar surface area (TPSA) is 17.1 Å². The molecule has 0 N–H and O–H groups in total. The van der Waals surface area contributed by atoms with Crippen molar-refractivity contribution in [1.82, 2.24) is 0 Å². The van der Waals surface area contributed by atoms with E-state index in [2.05, 4.69) is 15.9 Å². The first-order chi connectivity index (χ1) is 6.09. The van der Waals surface area contributed by atoms with E-state index in [0.29, 0.717) is 4.90 Å². The van der Waals surface area contributed by atoms with Crippen molar-refractivity contribution in [1.29, 1.82) is 0 Å². The van der Waals surface area contributed by atoms with Gasteiger partial charge in [-0.25, -0.2) is 8.78 Å². The lowest BCUT2D eigenvalue weighted by Gasteiger charge is -2.01.